The van der Waals surface area contributed by atoms with Gasteiger partial charge in [-0.15, -0.1) is 5.92 Å². The molecule has 4 heterocycles. The third kappa shape index (κ3) is 5.17. The molecule has 41 heavy (non-hydrogen) atoms. The van der Waals surface area contributed by atoms with E-state index in [4.69, 9.17) is 15.5 Å². The molecule has 1 fully saturated rings. The number of nitrogens with two attached hydrogens (primary N) is 1. The lowest BCUT2D eigenvalue weighted by Gasteiger charge is -2.31. The maximum atomic E-state index is 14.1. The van der Waals surface area contributed by atoms with E-state index in [2.05, 4.69) is 22.9 Å². The number of aromatic nitrogens is 5. The summed E-state index contributed by atoms with van der Waals surface area (Å²) in [4.78, 5) is 51.6. The second kappa shape index (κ2) is 11.7. The lowest BCUT2D eigenvalue weighted by Crippen LogP contribution is -2.44. The minimum absolute atomic E-state index is 0.0667. The number of fused-ring (bicyclic) bond motifs is 2. The van der Waals surface area contributed by atoms with E-state index < -0.39 is 23.8 Å². The molecular weight excluding hydrogens is 524 g/mol. The van der Waals surface area contributed by atoms with E-state index in [9.17, 15) is 19.6 Å². The molecule has 1 saturated heterocycles. The number of rotatable bonds is 7. The van der Waals surface area contributed by atoms with Gasteiger partial charge in [0.25, 0.3) is 5.56 Å². The predicted molar refractivity (Wildman–Crippen MR) is 153 cm³/mol. The van der Waals surface area contributed by atoms with E-state index in [-0.39, 0.29) is 42.5 Å². The largest absolute Gasteiger partial charge is 0.465 e. The molecule has 0 spiro atoms. The fourth-order valence-electron chi connectivity index (χ4n) is 5.25. The van der Waals surface area contributed by atoms with Crippen molar-refractivity contribution in [1.82, 2.24) is 23.7 Å². The molecule has 1 aromatic carbocycles. The van der Waals surface area contributed by atoms with Crippen LogP contribution in [-0.4, -0.2) is 55.4 Å². The first-order chi connectivity index (χ1) is 19.9. The van der Waals surface area contributed by atoms with E-state index in [0.717, 1.165) is 27.4 Å². The molecule has 0 aliphatic carbocycles. The summed E-state index contributed by atoms with van der Waals surface area (Å²) in [6.45, 7) is 4.18. The molecule has 0 radical (unpaired) electrons. The molecule has 1 aliphatic heterocycles. The Balaban J connectivity index is 1.77. The van der Waals surface area contributed by atoms with Gasteiger partial charge in [0.1, 0.15) is 12.6 Å². The zero-order valence-corrected chi connectivity index (χ0v) is 23.0. The van der Waals surface area contributed by atoms with Crippen molar-refractivity contribution in [2.24, 2.45) is 5.73 Å². The van der Waals surface area contributed by atoms with Crippen LogP contribution in [0.15, 0.2) is 40.1 Å². The van der Waals surface area contributed by atoms with E-state index in [1.54, 1.807) is 42.8 Å². The summed E-state index contributed by atoms with van der Waals surface area (Å²) in [6, 6.07) is 9.19. The number of ether oxygens (including phenoxy) is 1. The summed E-state index contributed by atoms with van der Waals surface area (Å²) >= 11 is 0. The molecule has 0 amide bonds. The fraction of sp³-hybridized carbons (Fsp3) is 0.379. The number of hydrogen-bond donors (Lipinski definition) is 1. The van der Waals surface area contributed by atoms with Gasteiger partial charge in [0.05, 0.1) is 30.8 Å². The summed E-state index contributed by atoms with van der Waals surface area (Å²) in [5.74, 6) is 5.67. The van der Waals surface area contributed by atoms with Gasteiger partial charge in [0.2, 0.25) is 5.95 Å². The van der Waals surface area contributed by atoms with Crippen molar-refractivity contribution < 1.29 is 9.53 Å². The number of carbonyl (C=O) groups is 1. The van der Waals surface area contributed by atoms with Gasteiger partial charge in [-0.05, 0) is 38.3 Å². The van der Waals surface area contributed by atoms with Crippen molar-refractivity contribution in [3.8, 4) is 17.9 Å². The summed E-state index contributed by atoms with van der Waals surface area (Å²) in [5, 5.41) is 10.7. The van der Waals surface area contributed by atoms with Gasteiger partial charge >= 0.3 is 11.7 Å². The van der Waals surface area contributed by atoms with Gasteiger partial charge in [0.15, 0.2) is 11.2 Å². The summed E-state index contributed by atoms with van der Waals surface area (Å²) in [5.41, 5.74) is 6.28. The Labute approximate surface area is 235 Å². The van der Waals surface area contributed by atoms with E-state index >= 15 is 0 Å². The van der Waals surface area contributed by atoms with Gasteiger partial charge in [-0.1, -0.05) is 24.1 Å². The Morgan fingerprint density at radius 2 is 2.05 bits per heavy atom. The van der Waals surface area contributed by atoms with Crippen LogP contribution in [0.5, 0.6) is 0 Å². The standard InChI is InChI=1S/C29H30N8O4/c1-3-5-14-35-25-26(33-28(35)34-13-7-9-21(31)17-34)36(18-23(38)41-4-2)29(40)37(27(25)39)16-20-11-10-19-8-6-12-32-24(19)22(20)15-30/h6,8,10-12,21H,4,7,9,13-14,16-18,31H2,1-2H3. The zero-order valence-electron chi connectivity index (χ0n) is 23.0. The third-order valence-electron chi connectivity index (χ3n) is 7.14. The fourth-order valence-corrected chi connectivity index (χ4v) is 5.25. The highest BCUT2D eigenvalue weighted by molar-refractivity contribution is 5.85. The lowest BCUT2D eigenvalue weighted by atomic mass is 10.0. The third-order valence-corrected chi connectivity index (χ3v) is 7.14. The summed E-state index contributed by atoms with van der Waals surface area (Å²) in [7, 11) is 0. The molecular formula is C29H30N8O4. The van der Waals surface area contributed by atoms with E-state index in [1.165, 1.54) is 0 Å². The quantitative estimate of drug-likeness (QED) is 0.263. The minimum Gasteiger partial charge on any atom is -0.465 e. The molecule has 2 N–H and O–H groups in total. The van der Waals surface area contributed by atoms with Gasteiger partial charge in [-0.3, -0.25) is 28.3 Å². The number of anilines is 1. The van der Waals surface area contributed by atoms with Crippen LogP contribution < -0.4 is 21.9 Å². The van der Waals surface area contributed by atoms with Crippen LogP contribution in [-0.2, 0) is 29.2 Å². The summed E-state index contributed by atoms with van der Waals surface area (Å²) in [6.07, 6.45) is 3.29. The average molecular weight is 555 g/mol. The highest BCUT2D eigenvalue weighted by atomic mass is 16.5. The van der Waals surface area contributed by atoms with Crippen LogP contribution in [0, 0.1) is 23.2 Å². The lowest BCUT2D eigenvalue weighted by molar-refractivity contribution is -0.143. The number of nitriles is 1. The second-order valence-electron chi connectivity index (χ2n) is 9.80. The maximum Gasteiger partial charge on any atom is 0.333 e. The molecule has 0 bridgehead atoms. The van der Waals surface area contributed by atoms with Crippen molar-refractivity contribution in [3.63, 3.8) is 0 Å². The predicted octanol–water partition coefficient (Wildman–Crippen LogP) is 1.34. The maximum absolute atomic E-state index is 14.1. The van der Waals surface area contributed by atoms with Crippen LogP contribution in [0.25, 0.3) is 22.1 Å². The first-order valence-corrected chi connectivity index (χ1v) is 13.4. The smallest absolute Gasteiger partial charge is 0.333 e. The number of benzene rings is 1. The first-order valence-electron chi connectivity index (χ1n) is 13.4. The number of esters is 1. The molecule has 1 unspecified atom stereocenters. The van der Waals surface area contributed by atoms with Gasteiger partial charge in [-0.2, -0.15) is 10.2 Å². The molecule has 4 aromatic rings. The Morgan fingerprint density at radius 3 is 2.78 bits per heavy atom. The SMILES string of the molecule is CC#CCn1c(N2CCCC(N)C2)nc2c1c(=O)n(Cc1ccc3cccnc3c1C#N)c(=O)n2CC(=O)OCC. The van der Waals surface area contributed by atoms with Crippen molar-refractivity contribution in [2.75, 3.05) is 24.6 Å². The molecule has 1 atom stereocenters. The van der Waals surface area contributed by atoms with Crippen LogP contribution in [0.3, 0.4) is 0 Å². The number of imidazole rings is 1. The van der Waals surface area contributed by atoms with Crippen molar-refractivity contribution in [1.29, 1.82) is 5.26 Å². The van der Waals surface area contributed by atoms with Crippen molar-refractivity contribution in [2.45, 2.75) is 52.4 Å². The monoisotopic (exact) mass is 554 g/mol. The molecule has 12 nitrogen and oxygen atoms in total. The van der Waals surface area contributed by atoms with E-state index in [0.29, 0.717) is 30.1 Å². The topological polar surface area (TPSA) is 154 Å². The van der Waals surface area contributed by atoms with Gasteiger partial charge in [-0.25, -0.2) is 4.79 Å². The Hall–Kier alpha value is -4.94. The minimum atomic E-state index is -0.742. The second-order valence-corrected chi connectivity index (χ2v) is 9.80. The number of nitrogens with zero attached hydrogens (tertiary/aromatic N) is 7. The van der Waals surface area contributed by atoms with Crippen molar-refractivity contribution >= 4 is 34.0 Å². The number of pyridine rings is 1. The van der Waals surface area contributed by atoms with Crippen LogP contribution in [0.4, 0.5) is 5.95 Å². The molecule has 5 rings (SSSR count). The van der Waals surface area contributed by atoms with Crippen LogP contribution >= 0.6 is 0 Å². The van der Waals surface area contributed by atoms with Crippen LogP contribution in [0.2, 0.25) is 0 Å². The molecule has 210 valence electrons. The van der Waals surface area contributed by atoms with Gasteiger partial charge < -0.3 is 15.4 Å². The highest BCUT2D eigenvalue weighted by Gasteiger charge is 2.28. The Kier molecular flexibility index (Phi) is 7.86. The first kappa shape index (κ1) is 27.6. The number of carbonyl (C=O) groups excluding carboxylic acids is 1. The van der Waals surface area contributed by atoms with E-state index in [1.807, 2.05) is 11.0 Å². The van der Waals surface area contributed by atoms with Crippen LogP contribution in [0.1, 0.15) is 37.8 Å². The number of hydrogen-bond acceptors (Lipinski definition) is 9. The zero-order chi connectivity index (χ0) is 29.1. The molecule has 1 aliphatic rings. The van der Waals surface area contributed by atoms with Crippen molar-refractivity contribution in [3.05, 3.63) is 62.4 Å². The average Bonchev–Trinajstić information content (AvgIpc) is 3.35. The molecule has 12 heteroatoms. The Morgan fingerprint density at radius 1 is 1.22 bits per heavy atom. The molecule has 3 aromatic heterocycles. The highest BCUT2D eigenvalue weighted by Crippen LogP contribution is 2.24. The number of piperidine rings is 1. The normalized spacial score (nSPS) is 15.0. The Bertz CT molecular complexity index is 1870. The summed E-state index contributed by atoms with van der Waals surface area (Å²) < 4.78 is 8.99. The molecule has 0 saturated carbocycles. The van der Waals surface area contributed by atoms with Gasteiger partial charge in [0, 0.05) is 30.7 Å².